The molecule has 162 valence electrons. The van der Waals surface area contributed by atoms with Gasteiger partial charge in [-0.25, -0.2) is 0 Å². The Hall–Kier alpha value is -0.528. The summed E-state index contributed by atoms with van der Waals surface area (Å²) in [5.74, 6) is 0. The zero-order chi connectivity index (χ0) is 21.9. The molecule has 0 spiro atoms. The van der Waals surface area contributed by atoms with Crippen molar-refractivity contribution in [2.24, 2.45) is 0 Å². The van der Waals surface area contributed by atoms with Crippen LogP contribution in [-0.2, 0) is 30.5 Å². The van der Waals surface area contributed by atoms with E-state index in [1.807, 2.05) is 0 Å². The Labute approximate surface area is 200 Å². The van der Waals surface area contributed by atoms with E-state index in [4.69, 9.17) is 0 Å². The van der Waals surface area contributed by atoms with Crippen molar-refractivity contribution >= 4 is 36.0 Å². The quantitative estimate of drug-likeness (QED) is 0.155. The van der Waals surface area contributed by atoms with Crippen LogP contribution >= 0.6 is 25.4 Å². The Morgan fingerprint density at radius 1 is 0.733 bits per heavy atom. The van der Waals surface area contributed by atoms with Crippen LogP contribution < -0.4 is 10.6 Å². The third-order valence-corrected chi connectivity index (χ3v) is 11.0. The molecule has 0 aliphatic carbocycles. The van der Waals surface area contributed by atoms with Crippen molar-refractivity contribution in [3.8, 4) is 0 Å². The molecule has 0 bridgehead atoms. The molecule has 0 saturated heterocycles. The van der Waals surface area contributed by atoms with Crippen LogP contribution in [0.4, 0.5) is 0 Å². The summed E-state index contributed by atoms with van der Waals surface area (Å²) >= 11 is 2.22. The predicted octanol–water partition coefficient (Wildman–Crippen LogP) is 7.61. The van der Waals surface area contributed by atoms with Gasteiger partial charge in [-0.1, -0.05) is 102 Å². The van der Waals surface area contributed by atoms with Crippen LogP contribution in [0, 0.1) is 6.07 Å². The van der Waals surface area contributed by atoms with E-state index >= 15 is 0 Å². The second-order valence-corrected chi connectivity index (χ2v) is 13.5. The van der Waals surface area contributed by atoms with Gasteiger partial charge in [-0.15, -0.1) is 7.92 Å². The molecule has 4 heteroatoms. The molecule has 0 fully saturated rings. The Balaban J connectivity index is 0.00000155. The molecule has 0 radical (unpaired) electrons. The van der Waals surface area contributed by atoms with E-state index in [0.717, 1.165) is 17.5 Å². The molecule has 0 aliphatic rings. The molecule has 0 aromatic heterocycles. The molecule has 0 N–H and O–H groups in total. The summed E-state index contributed by atoms with van der Waals surface area (Å²) < 4.78 is 0. The zero-order valence-corrected chi connectivity index (χ0v) is 22.3. The minimum atomic E-state index is -0.399. The molecule has 3 aromatic carbocycles. The van der Waals surface area contributed by atoms with Crippen LogP contribution in [0.2, 0.25) is 0 Å². The first-order valence-corrected chi connectivity index (χ1v) is 15.5. The van der Waals surface area contributed by atoms with Gasteiger partial charge in [0.25, 0.3) is 0 Å². The first kappa shape index (κ1) is 25.7. The molecule has 0 nitrogen and oxygen atoms in total. The molecule has 3 aromatic rings. The molecular weight excluding hydrogens is 516 g/mol. The second-order valence-electron chi connectivity index (χ2n) is 7.87. The normalized spacial score (nSPS) is 11.2. The Bertz CT molecular complexity index is 806. The van der Waals surface area contributed by atoms with Gasteiger partial charge >= 0.3 is 27.7 Å². The average Bonchev–Trinajstić information content (AvgIpc) is 2.78. The summed E-state index contributed by atoms with van der Waals surface area (Å²) in [6, 6.07) is 32.3. The SMILES string of the molecule is CC(C)P(Cc1c[c-]cc(CP(c2ccccc2)c2ccccc2)c1)C(C)C.[Cl][Pd+]. The standard InChI is InChI=1S/C26H31P2.ClH.Pd/c1-21(2)27(22(3)4)19-23-12-11-13-24(18-23)20-28(25-14-7-5-8-15-25)26-16-9-6-10-17-26;;/h5-10,12-18,21-22H,19-20H2,1-4H3;1H;/q-1;;+2/p-1. The molecular formula is C26H31ClP2Pd. The number of hydrogen-bond acceptors (Lipinski definition) is 0. The summed E-state index contributed by atoms with van der Waals surface area (Å²) in [6.07, 6.45) is 2.29. The molecule has 0 amide bonds. The number of hydrogen-bond donors (Lipinski definition) is 0. The van der Waals surface area contributed by atoms with Crippen molar-refractivity contribution in [2.45, 2.75) is 51.3 Å². The fourth-order valence-electron chi connectivity index (χ4n) is 3.66. The summed E-state index contributed by atoms with van der Waals surface area (Å²) in [7, 11) is 4.10. The minimum absolute atomic E-state index is 0.00998. The third kappa shape index (κ3) is 7.87. The van der Waals surface area contributed by atoms with Gasteiger partial charge in [0.1, 0.15) is 0 Å². The topological polar surface area (TPSA) is 0 Å². The molecule has 0 aliphatic heterocycles. The van der Waals surface area contributed by atoms with Gasteiger partial charge in [0.2, 0.25) is 0 Å². The predicted molar refractivity (Wildman–Crippen MR) is 135 cm³/mol. The van der Waals surface area contributed by atoms with Gasteiger partial charge < -0.3 is 0 Å². The van der Waals surface area contributed by atoms with E-state index < -0.39 is 7.92 Å². The van der Waals surface area contributed by atoms with Crippen LogP contribution in [-0.4, -0.2) is 11.3 Å². The van der Waals surface area contributed by atoms with Gasteiger partial charge in [-0.3, -0.25) is 0 Å². The van der Waals surface area contributed by atoms with Gasteiger partial charge in [0.05, 0.1) is 0 Å². The summed E-state index contributed by atoms with van der Waals surface area (Å²) in [5.41, 5.74) is 4.41. The molecule has 0 atom stereocenters. The van der Waals surface area contributed by atoms with Gasteiger partial charge in [-0.2, -0.15) is 35.4 Å². The molecule has 30 heavy (non-hydrogen) atoms. The summed E-state index contributed by atoms with van der Waals surface area (Å²) in [5, 5.41) is 2.89. The molecule has 0 saturated carbocycles. The second kappa shape index (κ2) is 13.8. The van der Waals surface area contributed by atoms with E-state index in [2.05, 4.69) is 140 Å². The van der Waals surface area contributed by atoms with Crippen molar-refractivity contribution in [3.63, 3.8) is 0 Å². The number of halogens is 1. The van der Waals surface area contributed by atoms with Crippen molar-refractivity contribution < 1.29 is 18.2 Å². The summed E-state index contributed by atoms with van der Waals surface area (Å²) in [4.78, 5) is 0. The van der Waals surface area contributed by atoms with E-state index in [1.54, 1.807) is 0 Å². The van der Waals surface area contributed by atoms with Crippen molar-refractivity contribution in [1.29, 1.82) is 0 Å². The van der Waals surface area contributed by atoms with E-state index in [-0.39, 0.29) is 7.92 Å². The monoisotopic (exact) mass is 546 g/mol. The van der Waals surface area contributed by atoms with Crippen molar-refractivity contribution in [1.82, 2.24) is 0 Å². The summed E-state index contributed by atoms with van der Waals surface area (Å²) in [6.45, 7) is 9.51. The van der Waals surface area contributed by atoms with E-state index in [1.165, 1.54) is 27.9 Å². The first-order chi connectivity index (χ1) is 14.5. The fourth-order valence-corrected chi connectivity index (χ4v) is 8.46. The zero-order valence-electron chi connectivity index (χ0n) is 18.2. The fraction of sp³-hybridized carbons (Fsp3) is 0.308. The van der Waals surface area contributed by atoms with Crippen LogP contribution in [0.1, 0.15) is 38.8 Å². The molecule has 0 unspecified atom stereocenters. The number of rotatable bonds is 8. The van der Waals surface area contributed by atoms with Gasteiger partial charge in [0, 0.05) is 0 Å². The third-order valence-electron chi connectivity index (χ3n) is 5.08. The Morgan fingerprint density at radius 2 is 1.17 bits per heavy atom. The molecule has 0 heterocycles. The van der Waals surface area contributed by atoms with Crippen LogP contribution in [0.15, 0.2) is 78.9 Å². The van der Waals surface area contributed by atoms with E-state index in [0.29, 0.717) is 0 Å². The Kier molecular flexibility index (Phi) is 11.8. The first-order valence-electron chi connectivity index (χ1n) is 10.3. The van der Waals surface area contributed by atoms with Gasteiger partial charge in [0.15, 0.2) is 0 Å². The Morgan fingerprint density at radius 3 is 1.60 bits per heavy atom. The van der Waals surface area contributed by atoms with Crippen LogP contribution in [0.5, 0.6) is 0 Å². The van der Waals surface area contributed by atoms with Gasteiger partial charge in [-0.05, 0) is 28.1 Å². The maximum absolute atomic E-state index is 4.49. The number of benzene rings is 3. The van der Waals surface area contributed by atoms with E-state index in [9.17, 15) is 0 Å². The van der Waals surface area contributed by atoms with Crippen LogP contribution in [0.3, 0.4) is 0 Å². The van der Waals surface area contributed by atoms with Crippen molar-refractivity contribution in [3.05, 3.63) is 96.1 Å². The maximum atomic E-state index is 4.49. The average molecular weight is 547 g/mol. The molecule has 3 rings (SSSR count). The van der Waals surface area contributed by atoms with Crippen molar-refractivity contribution in [2.75, 3.05) is 0 Å². The van der Waals surface area contributed by atoms with Crippen LogP contribution in [0.25, 0.3) is 0 Å².